The molecule has 0 aromatic carbocycles. The number of nitrogens with two attached hydrogens (primary N) is 2. The fourth-order valence-corrected chi connectivity index (χ4v) is 2.83. The van der Waals surface area contributed by atoms with E-state index in [2.05, 4.69) is 10.6 Å². The number of carboxylic acids is 2. The Morgan fingerprint density at radius 3 is 2.07 bits per heavy atom. The first-order chi connectivity index (χ1) is 13.1. The number of rotatable bonds is 15. The second kappa shape index (κ2) is 14.0. The number of hydrogen-bond donors (Lipinski definition) is 6. The number of carboxylic acid groups (broad SMARTS) is 2. The predicted octanol–water partition coefficient (Wildman–Crippen LogP) is -1.87. The SMILES string of the molecule is CS(=O)CCC(NC(=O)C(N)CCC(=O)O)C(=O)NC(CCCCN)C(=O)O. The van der Waals surface area contributed by atoms with Gasteiger partial charge in [0.1, 0.15) is 12.1 Å². The van der Waals surface area contributed by atoms with E-state index in [1.54, 1.807) is 0 Å². The van der Waals surface area contributed by atoms with Crippen LogP contribution in [0.25, 0.3) is 0 Å². The molecule has 0 spiro atoms. The van der Waals surface area contributed by atoms with Crippen LogP contribution in [0.2, 0.25) is 0 Å². The molecule has 0 rings (SSSR count). The summed E-state index contributed by atoms with van der Waals surface area (Å²) in [4.78, 5) is 46.5. The lowest BCUT2D eigenvalue weighted by molar-refractivity contribution is -0.142. The maximum Gasteiger partial charge on any atom is 0.326 e. The number of nitrogens with one attached hydrogen (secondary N) is 2. The second-order valence-electron chi connectivity index (χ2n) is 6.35. The Morgan fingerprint density at radius 2 is 1.57 bits per heavy atom. The van der Waals surface area contributed by atoms with Crippen molar-refractivity contribution in [2.75, 3.05) is 18.6 Å². The standard InChI is InChI=1S/C16H30N4O7S/c1-28(27)9-7-11(19-14(23)10(18)5-6-13(21)22)15(24)20-12(16(25)26)4-2-3-8-17/h10-12H,2-9,17-18H2,1H3,(H,19,23)(H,20,24)(H,21,22)(H,25,26). The molecular weight excluding hydrogens is 392 g/mol. The highest BCUT2D eigenvalue weighted by Gasteiger charge is 2.28. The van der Waals surface area contributed by atoms with E-state index < -0.39 is 52.7 Å². The van der Waals surface area contributed by atoms with Crippen molar-refractivity contribution in [2.24, 2.45) is 11.5 Å². The van der Waals surface area contributed by atoms with Crippen molar-refractivity contribution >= 4 is 34.6 Å². The molecule has 0 aromatic rings. The molecule has 0 heterocycles. The summed E-state index contributed by atoms with van der Waals surface area (Å²) in [7, 11) is -1.24. The molecule has 0 radical (unpaired) electrons. The zero-order chi connectivity index (χ0) is 21.7. The lowest BCUT2D eigenvalue weighted by Gasteiger charge is -2.22. The van der Waals surface area contributed by atoms with E-state index in [1.807, 2.05) is 0 Å². The monoisotopic (exact) mass is 422 g/mol. The highest BCUT2D eigenvalue weighted by Crippen LogP contribution is 2.04. The van der Waals surface area contributed by atoms with Gasteiger partial charge in [0, 0.05) is 29.2 Å². The van der Waals surface area contributed by atoms with Crippen LogP contribution < -0.4 is 22.1 Å². The molecule has 0 aromatic heterocycles. The molecule has 28 heavy (non-hydrogen) atoms. The van der Waals surface area contributed by atoms with Gasteiger partial charge in [-0.3, -0.25) is 18.6 Å². The van der Waals surface area contributed by atoms with Crippen LogP contribution in [0.3, 0.4) is 0 Å². The Labute approximate surface area is 166 Å². The lowest BCUT2D eigenvalue weighted by Crippen LogP contribution is -2.54. The van der Waals surface area contributed by atoms with Gasteiger partial charge in [-0.1, -0.05) is 0 Å². The van der Waals surface area contributed by atoms with Gasteiger partial charge in [-0.15, -0.1) is 0 Å². The molecule has 4 unspecified atom stereocenters. The molecule has 4 atom stereocenters. The highest BCUT2D eigenvalue weighted by molar-refractivity contribution is 7.84. The largest absolute Gasteiger partial charge is 0.481 e. The minimum Gasteiger partial charge on any atom is -0.481 e. The van der Waals surface area contributed by atoms with Crippen molar-refractivity contribution in [3.8, 4) is 0 Å². The van der Waals surface area contributed by atoms with Gasteiger partial charge in [0.15, 0.2) is 0 Å². The maximum atomic E-state index is 12.5. The highest BCUT2D eigenvalue weighted by atomic mass is 32.2. The number of amides is 2. The molecule has 2 amide bonds. The first kappa shape index (κ1) is 26.0. The van der Waals surface area contributed by atoms with Gasteiger partial charge in [0.2, 0.25) is 11.8 Å². The molecule has 0 saturated carbocycles. The number of unbranched alkanes of at least 4 members (excludes halogenated alkanes) is 1. The average Bonchev–Trinajstić information content (AvgIpc) is 2.61. The summed E-state index contributed by atoms with van der Waals surface area (Å²) < 4.78 is 11.3. The summed E-state index contributed by atoms with van der Waals surface area (Å²) in [5, 5.41) is 22.7. The lowest BCUT2D eigenvalue weighted by atomic mass is 10.1. The smallest absolute Gasteiger partial charge is 0.326 e. The second-order valence-corrected chi connectivity index (χ2v) is 7.90. The van der Waals surface area contributed by atoms with Crippen molar-refractivity contribution in [3.05, 3.63) is 0 Å². The topological polar surface area (TPSA) is 202 Å². The van der Waals surface area contributed by atoms with Gasteiger partial charge in [0.25, 0.3) is 0 Å². The molecule has 0 aliphatic rings. The third-order valence-electron chi connectivity index (χ3n) is 3.89. The van der Waals surface area contributed by atoms with Crippen LogP contribution in [0, 0.1) is 0 Å². The van der Waals surface area contributed by atoms with Crippen molar-refractivity contribution < 1.29 is 33.6 Å². The number of carbonyl (C=O) groups is 4. The molecule has 162 valence electrons. The molecule has 0 aliphatic carbocycles. The molecule has 0 fully saturated rings. The summed E-state index contributed by atoms with van der Waals surface area (Å²) in [5.41, 5.74) is 11.0. The van der Waals surface area contributed by atoms with Gasteiger partial charge < -0.3 is 32.3 Å². The summed E-state index contributed by atoms with van der Waals surface area (Å²) >= 11 is 0. The molecule has 12 heteroatoms. The van der Waals surface area contributed by atoms with Gasteiger partial charge in [-0.2, -0.15) is 0 Å². The van der Waals surface area contributed by atoms with Crippen molar-refractivity contribution in [1.82, 2.24) is 10.6 Å². The van der Waals surface area contributed by atoms with E-state index in [4.69, 9.17) is 16.6 Å². The molecule has 0 saturated heterocycles. The van der Waals surface area contributed by atoms with Crippen molar-refractivity contribution in [3.63, 3.8) is 0 Å². The molecule has 11 nitrogen and oxygen atoms in total. The van der Waals surface area contributed by atoms with E-state index in [1.165, 1.54) is 6.26 Å². The van der Waals surface area contributed by atoms with Crippen molar-refractivity contribution in [2.45, 2.75) is 56.7 Å². The Balaban J connectivity index is 5.01. The first-order valence-electron chi connectivity index (χ1n) is 8.89. The number of aliphatic carboxylic acids is 2. The van der Waals surface area contributed by atoms with Crippen LogP contribution in [0.4, 0.5) is 0 Å². The van der Waals surface area contributed by atoms with E-state index in [9.17, 15) is 28.5 Å². The van der Waals surface area contributed by atoms with Gasteiger partial charge in [0.05, 0.1) is 6.04 Å². The van der Waals surface area contributed by atoms with Crippen LogP contribution in [0.5, 0.6) is 0 Å². The van der Waals surface area contributed by atoms with Crippen LogP contribution in [-0.4, -0.2) is 74.9 Å². The minimum atomic E-state index is -1.24. The first-order valence-corrected chi connectivity index (χ1v) is 10.6. The summed E-state index contributed by atoms with van der Waals surface area (Å²) in [6.07, 6.45) is 2.30. The summed E-state index contributed by atoms with van der Waals surface area (Å²) in [6.45, 7) is 0.398. The molecule has 0 bridgehead atoms. The third kappa shape index (κ3) is 11.6. The number of carbonyl (C=O) groups excluding carboxylic acids is 2. The van der Waals surface area contributed by atoms with Crippen LogP contribution >= 0.6 is 0 Å². The van der Waals surface area contributed by atoms with Crippen LogP contribution in [0.1, 0.15) is 38.5 Å². The normalized spacial score (nSPS) is 15.1. The summed E-state index contributed by atoms with van der Waals surface area (Å²) in [6, 6.07) is -3.42. The molecular formula is C16H30N4O7S. The number of hydrogen-bond acceptors (Lipinski definition) is 7. The Bertz CT molecular complexity index is 573. The fraction of sp³-hybridized carbons (Fsp3) is 0.750. The Kier molecular flexibility index (Phi) is 13.0. The van der Waals surface area contributed by atoms with Gasteiger partial charge >= 0.3 is 11.9 Å². The predicted molar refractivity (Wildman–Crippen MR) is 103 cm³/mol. The van der Waals surface area contributed by atoms with Gasteiger partial charge in [-0.25, -0.2) is 4.79 Å². The van der Waals surface area contributed by atoms with E-state index >= 15 is 0 Å². The van der Waals surface area contributed by atoms with E-state index in [-0.39, 0.29) is 31.4 Å². The van der Waals surface area contributed by atoms with Crippen LogP contribution in [-0.2, 0) is 30.0 Å². The minimum absolute atomic E-state index is 0.0154. The summed E-state index contributed by atoms with van der Waals surface area (Å²) in [5.74, 6) is -3.69. The zero-order valence-electron chi connectivity index (χ0n) is 15.9. The average molecular weight is 423 g/mol. The quantitative estimate of drug-likeness (QED) is 0.163. The van der Waals surface area contributed by atoms with E-state index in [0.717, 1.165) is 0 Å². The van der Waals surface area contributed by atoms with Gasteiger partial charge in [-0.05, 0) is 38.6 Å². The van der Waals surface area contributed by atoms with Crippen LogP contribution in [0.15, 0.2) is 0 Å². The maximum absolute atomic E-state index is 12.5. The molecule has 0 aliphatic heterocycles. The molecule has 8 N–H and O–H groups in total. The third-order valence-corrected chi connectivity index (χ3v) is 4.71. The van der Waals surface area contributed by atoms with Crippen molar-refractivity contribution in [1.29, 1.82) is 0 Å². The van der Waals surface area contributed by atoms with E-state index in [0.29, 0.717) is 19.4 Å². The Hall–Kier alpha value is -2.05. The Morgan fingerprint density at radius 1 is 0.964 bits per heavy atom. The fourth-order valence-electron chi connectivity index (χ4n) is 2.26. The zero-order valence-corrected chi connectivity index (χ0v) is 16.7.